The molecule has 2 N–H and O–H groups in total. The standard InChI is InChI=1S/C21H29N3O3/c1-5-12-22-18(25)16-7-6-13-24(14-16)19(26)15-8-10-17(11-9-15)23-20(27)21(2,3)4/h5,8-11,16H,1,6-7,12-14H2,2-4H3,(H,22,25)(H,23,27)/t16-/m1/s1. The number of hydrogen-bond acceptors (Lipinski definition) is 3. The van der Waals surface area contributed by atoms with E-state index in [1.165, 1.54) is 0 Å². The molecular weight excluding hydrogens is 342 g/mol. The summed E-state index contributed by atoms with van der Waals surface area (Å²) in [6, 6.07) is 6.88. The van der Waals surface area contributed by atoms with Gasteiger partial charge in [0.05, 0.1) is 5.92 Å². The minimum Gasteiger partial charge on any atom is -0.352 e. The van der Waals surface area contributed by atoms with E-state index in [9.17, 15) is 14.4 Å². The minimum absolute atomic E-state index is 0.0346. The van der Waals surface area contributed by atoms with E-state index in [-0.39, 0.29) is 23.6 Å². The first-order valence-corrected chi connectivity index (χ1v) is 9.32. The third-order valence-electron chi connectivity index (χ3n) is 4.57. The molecule has 27 heavy (non-hydrogen) atoms. The van der Waals surface area contributed by atoms with Gasteiger partial charge < -0.3 is 15.5 Å². The van der Waals surface area contributed by atoms with Crippen molar-refractivity contribution in [2.24, 2.45) is 11.3 Å². The normalized spacial score (nSPS) is 17.1. The Bertz CT molecular complexity index is 704. The summed E-state index contributed by atoms with van der Waals surface area (Å²) in [5, 5.41) is 5.65. The lowest BCUT2D eigenvalue weighted by Crippen LogP contribution is -2.45. The van der Waals surface area contributed by atoms with Crippen LogP contribution in [0.25, 0.3) is 0 Å². The molecule has 3 amide bonds. The highest BCUT2D eigenvalue weighted by Crippen LogP contribution is 2.21. The van der Waals surface area contributed by atoms with E-state index in [0.29, 0.717) is 30.9 Å². The fourth-order valence-corrected chi connectivity index (χ4v) is 2.89. The van der Waals surface area contributed by atoms with Crippen molar-refractivity contribution in [3.8, 4) is 0 Å². The van der Waals surface area contributed by atoms with Crippen LogP contribution >= 0.6 is 0 Å². The zero-order valence-corrected chi connectivity index (χ0v) is 16.4. The number of carbonyl (C=O) groups is 3. The second-order valence-corrected chi connectivity index (χ2v) is 7.91. The van der Waals surface area contributed by atoms with Gasteiger partial charge in [0.1, 0.15) is 0 Å². The van der Waals surface area contributed by atoms with Crippen LogP contribution in [0.15, 0.2) is 36.9 Å². The summed E-state index contributed by atoms with van der Waals surface area (Å²) in [4.78, 5) is 38.7. The Morgan fingerprint density at radius 1 is 1.22 bits per heavy atom. The van der Waals surface area contributed by atoms with Crippen molar-refractivity contribution < 1.29 is 14.4 Å². The summed E-state index contributed by atoms with van der Waals surface area (Å²) in [5.74, 6) is -0.392. The van der Waals surface area contributed by atoms with Gasteiger partial charge in [-0.3, -0.25) is 14.4 Å². The van der Waals surface area contributed by atoms with Crippen LogP contribution in [0.2, 0.25) is 0 Å². The molecule has 2 rings (SSSR count). The Balaban J connectivity index is 1.99. The van der Waals surface area contributed by atoms with E-state index in [2.05, 4.69) is 17.2 Å². The van der Waals surface area contributed by atoms with E-state index >= 15 is 0 Å². The second-order valence-electron chi connectivity index (χ2n) is 7.91. The summed E-state index contributed by atoms with van der Waals surface area (Å²) in [6.45, 7) is 10.6. The van der Waals surface area contributed by atoms with E-state index in [4.69, 9.17) is 0 Å². The number of nitrogens with one attached hydrogen (secondary N) is 2. The Morgan fingerprint density at radius 2 is 1.89 bits per heavy atom. The Kier molecular flexibility index (Phi) is 6.77. The molecule has 1 aromatic carbocycles. The number of nitrogens with zero attached hydrogens (tertiary/aromatic N) is 1. The Morgan fingerprint density at radius 3 is 2.48 bits per heavy atom. The van der Waals surface area contributed by atoms with Crippen LogP contribution in [0.4, 0.5) is 5.69 Å². The second kappa shape index (κ2) is 8.84. The van der Waals surface area contributed by atoms with Gasteiger partial charge in [-0.15, -0.1) is 6.58 Å². The summed E-state index contributed by atoms with van der Waals surface area (Å²) < 4.78 is 0. The zero-order valence-electron chi connectivity index (χ0n) is 16.4. The average molecular weight is 371 g/mol. The van der Waals surface area contributed by atoms with Crippen LogP contribution in [0.3, 0.4) is 0 Å². The molecule has 0 aromatic heterocycles. The third-order valence-corrected chi connectivity index (χ3v) is 4.57. The summed E-state index contributed by atoms with van der Waals surface area (Å²) >= 11 is 0. The number of likely N-dealkylation sites (tertiary alicyclic amines) is 1. The van der Waals surface area contributed by atoms with Crippen molar-refractivity contribution in [3.05, 3.63) is 42.5 Å². The van der Waals surface area contributed by atoms with Crippen molar-refractivity contribution in [1.29, 1.82) is 0 Å². The first-order valence-electron chi connectivity index (χ1n) is 9.32. The first-order chi connectivity index (χ1) is 12.7. The molecule has 1 fully saturated rings. The van der Waals surface area contributed by atoms with Crippen molar-refractivity contribution in [2.75, 3.05) is 25.0 Å². The van der Waals surface area contributed by atoms with Gasteiger partial charge in [0.2, 0.25) is 11.8 Å². The van der Waals surface area contributed by atoms with Gasteiger partial charge in [0, 0.05) is 36.3 Å². The maximum atomic E-state index is 12.8. The van der Waals surface area contributed by atoms with Gasteiger partial charge in [0.25, 0.3) is 5.91 Å². The van der Waals surface area contributed by atoms with Crippen LogP contribution in [0, 0.1) is 11.3 Å². The number of anilines is 1. The van der Waals surface area contributed by atoms with Crippen LogP contribution in [-0.4, -0.2) is 42.3 Å². The highest BCUT2D eigenvalue weighted by Gasteiger charge is 2.28. The lowest BCUT2D eigenvalue weighted by molar-refractivity contribution is -0.126. The largest absolute Gasteiger partial charge is 0.352 e. The molecule has 0 spiro atoms. The molecule has 1 aliphatic heterocycles. The molecule has 0 radical (unpaired) electrons. The SMILES string of the molecule is C=CCNC(=O)[C@@H]1CCCN(C(=O)c2ccc(NC(=O)C(C)(C)C)cc2)C1. The first kappa shape index (κ1) is 20.7. The smallest absolute Gasteiger partial charge is 0.253 e. The van der Waals surface area contributed by atoms with Crippen molar-refractivity contribution in [3.63, 3.8) is 0 Å². The monoisotopic (exact) mass is 371 g/mol. The van der Waals surface area contributed by atoms with E-state index in [1.54, 1.807) is 35.2 Å². The quantitative estimate of drug-likeness (QED) is 0.781. The van der Waals surface area contributed by atoms with Gasteiger partial charge in [-0.05, 0) is 37.1 Å². The van der Waals surface area contributed by atoms with Gasteiger partial charge in [-0.1, -0.05) is 26.8 Å². The lowest BCUT2D eigenvalue weighted by Gasteiger charge is -2.32. The maximum Gasteiger partial charge on any atom is 0.253 e. The molecule has 6 nitrogen and oxygen atoms in total. The van der Waals surface area contributed by atoms with Crippen molar-refractivity contribution in [2.45, 2.75) is 33.6 Å². The van der Waals surface area contributed by atoms with E-state index in [1.807, 2.05) is 20.8 Å². The summed E-state index contributed by atoms with van der Waals surface area (Å²) in [5.41, 5.74) is 0.728. The third kappa shape index (κ3) is 5.67. The van der Waals surface area contributed by atoms with Crippen LogP contribution in [0.1, 0.15) is 44.0 Å². The predicted molar refractivity (Wildman–Crippen MR) is 106 cm³/mol. The molecule has 1 aromatic rings. The molecule has 6 heteroatoms. The highest BCUT2D eigenvalue weighted by atomic mass is 16.2. The molecule has 1 saturated heterocycles. The molecule has 0 unspecified atom stereocenters. The zero-order chi connectivity index (χ0) is 20.0. The van der Waals surface area contributed by atoms with Gasteiger partial charge >= 0.3 is 0 Å². The number of carbonyl (C=O) groups excluding carboxylic acids is 3. The topological polar surface area (TPSA) is 78.5 Å². The Labute approximate surface area is 161 Å². The van der Waals surface area contributed by atoms with Gasteiger partial charge in [0.15, 0.2) is 0 Å². The van der Waals surface area contributed by atoms with E-state index < -0.39 is 5.41 Å². The predicted octanol–water partition coefficient (Wildman–Crippen LogP) is 2.83. The molecule has 1 heterocycles. The average Bonchev–Trinajstić information content (AvgIpc) is 2.65. The molecule has 0 bridgehead atoms. The Hall–Kier alpha value is -2.63. The molecular formula is C21H29N3O3. The van der Waals surface area contributed by atoms with Crippen molar-refractivity contribution in [1.82, 2.24) is 10.2 Å². The molecule has 0 aliphatic carbocycles. The lowest BCUT2D eigenvalue weighted by atomic mass is 9.95. The fraction of sp³-hybridized carbons (Fsp3) is 0.476. The number of rotatable bonds is 5. The van der Waals surface area contributed by atoms with Crippen LogP contribution < -0.4 is 10.6 Å². The highest BCUT2D eigenvalue weighted by molar-refractivity contribution is 5.97. The molecule has 1 atom stereocenters. The molecule has 1 aliphatic rings. The number of piperidine rings is 1. The van der Waals surface area contributed by atoms with E-state index in [0.717, 1.165) is 12.8 Å². The fourth-order valence-electron chi connectivity index (χ4n) is 2.89. The molecule has 0 saturated carbocycles. The van der Waals surface area contributed by atoms with Crippen molar-refractivity contribution >= 4 is 23.4 Å². The number of benzene rings is 1. The van der Waals surface area contributed by atoms with Crippen LogP contribution in [-0.2, 0) is 9.59 Å². The van der Waals surface area contributed by atoms with Crippen LogP contribution in [0.5, 0.6) is 0 Å². The number of amides is 3. The maximum absolute atomic E-state index is 12.8. The molecule has 146 valence electrons. The minimum atomic E-state index is -0.483. The number of hydrogen-bond donors (Lipinski definition) is 2. The van der Waals surface area contributed by atoms with Gasteiger partial charge in [-0.25, -0.2) is 0 Å². The van der Waals surface area contributed by atoms with Gasteiger partial charge in [-0.2, -0.15) is 0 Å². The summed E-state index contributed by atoms with van der Waals surface area (Å²) in [7, 11) is 0. The summed E-state index contributed by atoms with van der Waals surface area (Å²) in [6.07, 6.45) is 3.23.